The van der Waals surface area contributed by atoms with Crippen molar-refractivity contribution in [3.05, 3.63) is 35.5 Å². The second-order valence-corrected chi connectivity index (χ2v) is 4.58. The van der Waals surface area contributed by atoms with Gasteiger partial charge in [0.25, 0.3) is 0 Å². The Morgan fingerprint density at radius 3 is 2.47 bits per heavy atom. The number of rotatable bonds is 3. The highest BCUT2D eigenvalue weighted by molar-refractivity contribution is 5.54. The summed E-state index contributed by atoms with van der Waals surface area (Å²) in [6.45, 7) is 5.87. The van der Waals surface area contributed by atoms with Gasteiger partial charge in [0.1, 0.15) is 11.4 Å². The van der Waals surface area contributed by atoms with Crippen LogP contribution in [0, 0.1) is 18.3 Å². The molecular formula is C14H16N4O. The Bertz CT molecular complexity index is 620. The fraction of sp³-hybridized carbons (Fsp3) is 0.286. The molecule has 0 saturated heterocycles. The standard InChI is InChI=1S/C14H16N4O/c1-9(2)18-14(13(16)10(3)17-18)19-12-6-4-11(8-15)5-7-12/h4-7,9H,16H2,1-3H3. The summed E-state index contributed by atoms with van der Waals surface area (Å²) >= 11 is 0. The highest BCUT2D eigenvalue weighted by Gasteiger charge is 2.16. The van der Waals surface area contributed by atoms with E-state index in [2.05, 4.69) is 11.2 Å². The van der Waals surface area contributed by atoms with Crippen LogP contribution in [0.5, 0.6) is 11.6 Å². The Balaban J connectivity index is 2.34. The molecule has 19 heavy (non-hydrogen) atoms. The highest BCUT2D eigenvalue weighted by Crippen LogP contribution is 2.32. The number of aromatic nitrogens is 2. The molecule has 1 aromatic heterocycles. The van der Waals surface area contributed by atoms with Crippen molar-refractivity contribution in [3.8, 4) is 17.7 Å². The number of nitrogens with zero attached hydrogens (tertiary/aromatic N) is 3. The van der Waals surface area contributed by atoms with E-state index < -0.39 is 0 Å². The fourth-order valence-electron chi connectivity index (χ4n) is 1.70. The minimum Gasteiger partial charge on any atom is -0.437 e. The molecule has 2 N–H and O–H groups in total. The molecule has 0 unspecified atom stereocenters. The molecule has 0 fully saturated rings. The number of nitrogen functional groups attached to an aromatic ring is 1. The summed E-state index contributed by atoms with van der Waals surface area (Å²) in [7, 11) is 0. The van der Waals surface area contributed by atoms with Gasteiger partial charge in [-0.2, -0.15) is 10.4 Å². The van der Waals surface area contributed by atoms with Gasteiger partial charge in [-0.25, -0.2) is 4.68 Å². The lowest BCUT2D eigenvalue weighted by Gasteiger charge is -2.12. The Hall–Kier alpha value is -2.48. The van der Waals surface area contributed by atoms with Crippen molar-refractivity contribution >= 4 is 5.69 Å². The summed E-state index contributed by atoms with van der Waals surface area (Å²) in [4.78, 5) is 0. The van der Waals surface area contributed by atoms with Gasteiger partial charge in [-0.05, 0) is 45.0 Å². The van der Waals surface area contributed by atoms with Crippen molar-refractivity contribution in [2.75, 3.05) is 5.73 Å². The van der Waals surface area contributed by atoms with Crippen molar-refractivity contribution in [1.29, 1.82) is 5.26 Å². The van der Waals surface area contributed by atoms with Gasteiger partial charge < -0.3 is 10.5 Å². The molecule has 0 aliphatic rings. The van der Waals surface area contributed by atoms with E-state index in [0.717, 1.165) is 5.69 Å². The largest absolute Gasteiger partial charge is 0.437 e. The second kappa shape index (κ2) is 5.02. The summed E-state index contributed by atoms with van der Waals surface area (Å²) in [5, 5.41) is 13.1. The summed E-state index contributed by atoms with van der Waals surface area (Å²) in [6, 6.07) is 9.11. The third kappa shape index (κ3) is 2.52. The van der Waals surface area contributed by atoms with Crippen molar-refractivity contribution in [2.45, 2.75) is 26.8 Å². The molecule has 0 amide bonds. The van der Waals surface area contributed by atoms with E-state index in [0.29, 0.717) is 22.9 Å². The summed E-state index contributed by atoms with van der Waals surface area (Å²) in [5.41, 5.74) is 7.86. The number of hydrogen-bond donors (Lipinski definition) is 1. The van der Waals surface area contributed by atoms with Gasteiger partial charge in [-0.15, -0.1) is 0 Å². The smallest absolute Gasteiger partial charge is 0.241 e. The molecule has 0 radical (unpaired) electrons. The molecule has 1 aromatic carbocycles. The molecule has 0 aliphatic heterocycles. The van der Waals surface area contributed by atoms with Crippen LogP contribution in [0.4, 0.5) is 5.69 Å². The predicted molar refractivity (Wildman–Crippen MR) is 73.0 cm³/mol. The maximum absolute atomic E-state index is 8.76. The number of aryl methyl sites for hydroxylation is 1. The van der Waals surface area contributed by atoms with E-state index in [-0.39, 0.29) is 6.04 Å². The monoisotopic (exact) mass is 256 g/mol. The van der Waals surface area contributed by atoms with E-state index >= 15 is 0 Å². The van der Waals surface area contributed by atoms with Gasteiger partial charge in [-0.1, -0.05) is 0 Å². The Morgan fingerprint density at radius 2 is 1.95 bits per heavy atom. The number of anilines is 1. The molecule has 0 aliphatic carbocycles. The van der Waals surface area contributed by atoms with Crippen LogP contribution in [-0.4, -0.2) is 9.78 Å². The molecule has 0 atom stereocenters. The Labute approximate surface area is 112 Å². The quantitative estimate of drug-likeness (QED) is 0.915. The first-order valence-electron chi connectivity index (χ1n) is 6.05. The molecule has 0 bridgehead atoms. The van der Waals surface area contributed by atoms with Crippen LogP contribution in [0.15, 0.2) is 24.3 Å². The third-order valence-electron chi connectivity index (χ3n) is 2.77. The number of nitriles is 1. The molecule has 5 heteroatoms. The van der Waals surface area contributed by atoms with E-state index in [1.807, 2.05) is 20.8 Å². The summed E-state index contributed by atoms with van der Waals surface area (Å²) < 4.78 is 7.54. The maximum atomic E-state index is 8.76. The van der Waals surface area contributed by atoms with E-state index in [1.54, 1.807) is 28.9 Å². The Morgan fingerprint density at radius 1 is 1.32 bits per heavy atom. The molecule has 5 nitrogen and oxygen atoms in total. The zero-order chi connectivity index (χ0) is 14.0. The first-order valence-corrected chi connectivity index (χ1v) is 6.05. The molecule has 98 valence electrons. The zero-order valence-electron chi connectivity index (χ0n) is 11.2. The molecule has 0 spiro atoms. The maximum Gasteiger partial charge on any atom is 0.241 e. The minimum atomic E-state index is 0.157. The Kier molecular flexibility index (Phi) is 3.43. The number of hydrogen-bond acceptors (Lipinski definition) is 4. The molecule has 1 heterocycles. The van der Waals surface area contributed by atoms with Crippen molar-refractivity contribution in [1.82, 2.24) is 9.78 Å². The SMILES string of the molecule is Cc1nn(C(C)C)c(Oc2ccc(C#N)cc2)c1N. The van der Waals surface area contributed by atoms with E-state index in [4.69, 9.17) is 15.7 Å². The predicted octanol–water partition coefficient (Wildman–Crippen LogP) is 3.02. The number of benzene rings is 1. The summed E-state index contributed by atoms with van der Waals surface area (Å²) in [5.74, 6) is 1.17. The van der Waals surface area contributed by atoms with Crippen LogP contribution in [0.25, 0.3) is 0 Å². The van der Waals surface area contributed by atoms with Crippen LogP contribution in [0.2, 0.25) is 0 Å². The average Bonchev–Trinajstić information content (AvgIpc) is 2.68. The van der Waals surface area contributed by atoms with Crippen molar-refractivity contribution in [3.63, 3.8) is 0 Å². The van der Waals surface area contributed by atoms with Crippen LogP contribution in [0.1, 0.15) is 31.1 Å². The third-order valence-corrected chi connectivity index (χ3v) is 2.77. The van der Waals surface area contributed by atoms with E-state index in [1.165, 1.54) is 0 Å². The minimum absolute atomic E-state index is 0.157. The lowest BCUT2D eigenvalue weighted by Crippen LogP contribution is -2.05. The van der Waals surface area contributed by atoms with Crippen molar-refractivity contribution < 1.29 is 4.74 Å². The normalized spacial score (nSPS) is 10.5. The molecule has 2 aromatic rings. The van der Waals surface area contributed by atoms with Gasteiger partial charge in [-0.3, -0.25) is 0 Å². The van der Waals surface area contributed by atoms with Crippen LogP contribution in [-0.2, 0) is 0 Å². The van der Waals surface area contributed by atoms with Gasteiger partial charge in [0.05, 0.1) is 23.4 Å². The highest BCUT2D eigenvalue weighted by atomic mass is 16.5. The lowest BCUT2D eigenvalue weighted by atomic mass is 10.2. The molecule has 0 saturated carbocycles. The average molecular weight is 256 g/mol. The fourth-order valence-corrected chi connectivity index (χ4v) is 1.70. The molecular weight excluding hydrogens is 240 g/mol. The first-order chi connectivity index (χ1) is 9.02. The van der Waals surface area contributed by atoms with Crippen molar-refractivity contribution in [2.24, 2.45) is 0 Å². The van der Waals surface area contributed by atoms with Gasteiger partial charge in [0.2, 0.25) is 5.88 Å². The van der Waals surface area contributed by atoms with Gasteiger partial charge >= 0.3 is 0 Å². The molecule has 2 rings (SSSR count). The zero-order valence-corrected chi connectivity index (χ0v) is 11.2. The van der Waals surface area contributed by atoms with E-state index in [9.17, 15) is 0 Å². The number of ether oxygens (including phenoxy) is 1. The van der Waals surface area contributed by atoms with Gasteiger partial charge in [0.15, 0.2) is 0 Å². The van der Waals surface area contributed by atoms with Gasteiger partial charge in [0, 0.05) is 0 Å². The summed E-state index contributed by atoms with van der Waals surface area (Å²) in [6.07, 6.45) is 0. The second-order valence-electron chi connectivity index (χ2n) is 4.58. The number of nitrogens with two attached hydrogens (primary N) is 1. The van der Waals surface area contributed by atoms with Crippen LogP contribution < -0.4 is 10.5 Å². The lowest BCUT2D eigenvalue weighted by molar-refractivity contribution is 0.389. The van der Waals surface area contributed by atoms with Crippen LogP contribution >= 0.6 is 0 Å². The van der Waals surface area contributed by atoms with Crippen LogP contribution in [0.3, 0.4) is 0 Å². The first kappa shape index (κ1) is 13.0. The topological polar surface area (TPSA) is 76.9 Å².